The molecule has 0 aliphatic heterocycles. The van der Waals surface area contributed by atoms with E-state index in [9.17, 15) is 5.11 Å². The van der Waals surface area contributed by atoms with Gasteiger partial charge in [0.25, 0.3) is 0 Å². The summed E-state index contributed by atoms with van der Waals surface area (Å²) in [5, 5.41) is 12.9. The van der Waals surface area contributed by atoms with Gasteiger partial charge in [-0.05, 0) is 36.1 Å². The number of H-pyrrole nitrogens is 1. The SMILES string of the molecule is [Li+].[O-]c1ccc(C2CCCCC2)c2ccc[nH+]c12. The van der Waals surface area contributed by atoms with Gasteiger partial charge >= 0.3 is 18.9 Å². The van der Waals surface area contributed by atoms with E-state index in [1.165, 1.54) is 37.7 Å². The summed E-state index contributed by atoms with van der Waals surface area (Å²) in [6.45, 7) is 0. The Hall–Kier alpha value is -0.973. The number of nitrogens with one attached hydrogen (secondary N) is 1. The molecule has 0 atom stereocenters. The van der Waals surface area contributed by atoms with Crippen LogP contribution in [0.15, 0.2) is 30.5 Å². The van der Waals surface area contributed by atoms with E-state index >= 15 is 0 Å². The molecule has 0 unspecified atom stereocenters. The van der Waals surface area contributed by atoms with Gasteiger partial charge in [-0.3, -0.25) is 0 Å². The van der Waals surface area contributed by atoms with Crippen LogP contribution in [-0.4, -0.2) is 0 Å². The Labute approximate surface area is 120 Å². The molecule has 0 bridgehead atoms. The second-order valence-electron chi connectivity index (χ2n) is 4.95. The van der Waals surface area contributed by atoms with E-state index in [0.717, 1.165) is 10.9 Å². The van der Waals surface area contributed by atoms with Crippen molar-refractivity contribution < 1.29 is 29.0 Å². The van der Waals surface area contributed by atoms with Crippen LogP contribution in [-0.2, 0) is 0 Å². The second-order valence-corrected chi connectivity index (χ2v) is 4.95. The fourth-order valence-corrected chi connectivity index (χ4v) is 2.99. The molecule has 3 heteroatoms. The van der Waals surface area contributed by atoms with E-state index in [2.05, 4.69) is 11.1 Å². The largest absolute Gasteiger partial charge is 1.00 e. The van der Waals surface area contributed by atoms with Crippen molar-refractivity contribution in [3.8, 4) is 5.75 Å². The van der Waals surface area contributed by atoms with Crippen molar-refractivity contribution in [1.29, 1.82) is 0 Å². The zero-order valence-corrected chi connectivity index (χ0v) is 10.9. The molecule has 0 spiro atoms. The number of aromatic nitrogens is 1. The molecule has 18 heavy (non-hydrogen) atoms. The number of pyridine rings is 1. The van der Waals surface area contributed by atoms with Crippen LogP contribution in [0, 0.1) is 0 Å². The number of aromatic amines is 1. The molecule has 1 aliphatic carbocycles. The number of rotatable bonds is 1. The summed E-state index contributed by atoms with van der Waals surface area (Å²) in [6.07, 6.45) is 8.36. The predicted octanol–water partition coefficient (Wildman–Crippen LogP) is -0.221. The van der Waals surface area contributed by atoms with Crippen LogP contribution in [0.25, 0.3) is 10.9 Å². The van der Waals surface area contributed by atoms with Gasteiger partial charge in [-0.15, -0.1) is 0 Å². The summed E-state index contributed by atoms with van der Waals surface area (Å²) in [6, 6.07) is 7.79. The van der Waals surface area contributed by atoms with Gasteiger partial charge in [0.15, 0.2) is 6.20 Å². The van der Waals surface area contributed by atoms with Gasteiger partial charge in [0, 0.05) is 11.5 Å². The molecule has 2 aromatic rings. The standard InChI is InChI=1S/C15H17NO.Li/c17-14-9-8-12(11-5-2-1-3-6-11)13-7-4-10-16-15(13)14;/h4,7-11,17H,1-3,5-6H2;/q;+1. The molecule has 1 aromatic heterocycles. The van der Waals surface area contributed by atoms with Gasteiger partial charge < -0.3 is 5.11 Å². The van der Waals surface area contributed by atoms with Crippen LogP contribution < -0.4 is 29.0 Å². The van der Waals surface area contributed by atoms with E-state index in [1.54, 1.807) is 6.07 Å². The molecule has 1 aromatic carbocycles. The first kappa shape index (κ1) is 13.5. The average molecular weight is 234 g/mol. The number of benzene rings is 1. The van der Waals surface area contributed by atoms with Gasteiger partial charge in [0.05, 0.1) is 0 Å². The normalized spacial score (nSPS) is 16.4. The van der Waals surface area contributed by atoms with Crippen LogP contribution in [0.4, 0.5) is 0 Å². The second kappa shape index (κ2) is 5.78. The van der Waals surface area contributed by atoms with Crippen molar-refractivity contribution in [1.82, 2.24) is 0 Å². The Morgan fingerprint density at radius 3 is 2.61 bits per heavy atom. The molecule has 88 valence electrons. The quantitative estimate of drug-likeness (QED) is 0.628. The van der Waals surface area contributed by atoms with E-state index in [-0.39, 0.29) is 24.6 Å². The average Bonchev–Trinajstić information content (AvgIpc) is 2.41. The minimum absolute atomic E-state index is 0. The maximum atomic E-state index is 11.8. The third-order valence-corrected chi connectivity index (χ3v) is 3.87. The first-order chi connectivity index (χ1) is 8.36. The zero-order valence-electron chi connectivity index (χ0n) is 10.9. The fourth-order valence-electron chi connectivity index (χ4n) is 2.99. The number of hydrogen-bond acceptors (Lipinski definition) is 1. The van der Waals surface area contributed by atoms with Crippen molar-refractivity contribution in [2.45, 2.75) is 38.0 Å². The van der Waals surface area contributed by atoms with E-state index in [1.807, 2.05) is 18.3 Å². The summed E-state index contributed by atoms with van der Waals surface area (Å²) in [4.78, 5) is 3.09. The molecule has 1 heterocycles. The van der Waals surface area contributed by atoms with Crippen LogP contribution in [0.2, 0.25) is 0 Å². The van der Waals surface area contributed by atoms with E-state index < -0.39 is 0 Å². The molecule has 0 amide bonds. The topological polar surface area (TPSA) is 37.2 Å². The third-order valence-electron chi connectivity index (χ3n) is 3.87. The van der Waals surface area contributed by atoms with Crippen molar-refractivity contribution in [2.24, 2.45) is 0 Å². The third kappa shape index (κ3) is 2.41. The first-order valence-corrected chi connectivity index (χ1v) is 6.46. The van der Waals surface area contributed by atoms with Crippen molar-refractivity contribution >= 4 is 10.9 Å². The Bertz CT molecular complexity index is 535. The van der Waals surface area contributed by atoms with Gasteiger partial charge in [0.1, 0.15) is 0 Å². The maximum absolute atomic E-state index is 11.8. The Morgan fingerprint density at radius 2 is 1.83 bits per heavy atom. The summed E-state index contributed by atoms with van der Waals surface area (Å²) >= 11 is 0. The van der Waals surface area contributed by atoms with Gasteiger partial charge in [-0.1, -0.05) is 31.4 Å². The Kier molecular flexibility index (Phi) is 4.32. The Balaban J connectivity index is 0.00000120. The van der Waals surface area contributed by atoms with Gasteiger partial charge in [-0.25, -0.2) is 4.98 Å². The molecule has 0 radical (unpaired) electrons. The fraction of sp³-hybridized carbons (Fsp3) is 0.400. The molecule has 1 saturated carbocycles. The van der Waals surface area contributed by atoms with Crippen molar-refractivity contribution in [3.63, 3.8) is 0 Å². The number of fused-ring (bicyclic) bond motifs is 1. The van der Waals surface area contributed by atoms with E-state index in [0.29, 0.717) is 5.92 Å². The Morgan fingerprint density at radius 1 is 1.06 bits per heavy atom. The van der Waals surface area contributed by atoms with Gasteiger partial charge in [0.2, 0.25) is 5.52 Å². The first-order valence-electron chi connectivity index (χ1n) is 6.46. The van der Waals surface area contributed by atoms with Crippen LogP contribution in [0.1, 0.15) is 43.6 Å². The number of hydrogen-bond donors (Lipinski definition) is 0. The monoisotopic (exact) mass is 234 g/mol. The van der Waals surface area contributed by atoms with Crippen LogP contribution in [0.3, 0.4) is 0 Å². The summed E-state index contributed by atoms with van der Waals surface area (Å²) in [7, 11) is 0. The zero-order chi connectivity index (χ0) is 11.7. The minimum atomic E-state index is 0. The molecule has 2 nitrogen and oxygen atoms in total. The minimum Gasteiger partial charge on any atom is -0.868 e. The molecule has 0 saturated heterocycles. The van der Waals surface area contributed by atoms with Crippen molar-refractivity contribution in [2.75, 3.05) is 0 Å². The van der Waals surface area contributed by atoms with Gasteiger partial charge in [-0.2, -0.15) is 0 Å². The van der Waals surface area contributed by atoms with Crippen LogP contribution >= 0.6 is 0 Å². The molecular weight excluding hydrogens is 217 g/mol. The summed E-state index contributed by atoms with van der Waals surface area (Å²) < 4.78 is 0. The van der Waals surface area contributed by atoms with Crippen LogP contribution in [0.5, 0.6) is 5.75 Å². The molecule has 1 aliphatic rings. The predicted molar refractivity (Wildman–Crippen MR) is 65.8 cm³/mol. The molecule has 1 N–H and O–H groups in total. The van der Waals surface area contributed by atoms with Crippen molar-refractivity contribution in [3.05, 3.63) is 36.0 Å². The molecule has 3 rings (SSSR count). The summed E-state index contributed by atoms with van der Waals surface area (Å²) in [5.41, 5.74) is 2.12. The smallest absolute Gasteiger partial charge is 0.868 e. The molecular formula is C15H17LiNO+. The molecule has 1 fully saturated rings. The van der Waals surface area contributed by atoms with E-state index in [4.69, 9.17) is 0 Å². The summed E-state index contributed by atoms with van der Waals surface area (Å²) in [5.74, 6) is 0.739. The maximum Gasteiger partial charge on any atom is 1.00 e.